The van der Waals surface area contributed by atoms with Gasteiger partial charge in [-0.1, -0.05) is 32.9 Å². The van der Waals surface area contributed by atoms with Crippen molar-refractivity contribution in [2.75, 3.05) is 19.0 Å². The van der Waals surface area contributed by atoms with E-state index in [2.05, 4.69) is 10.6 Å². The number of benzene rings is 1. The van der Waals surface area contributed by atoms with Gasteiger partial charge in [-0.3, -0.25) is 4.79 Å². The van der Waals surface area contributed by atoms with Gasteiger partial charge >= 0.3 is 5.97 Å². The summed E-state index contributed by atoms with van der Waals surface area (Å²) in [5.41, 5.74) is 2.66. The first-order valence-corrected chi connectivity index (χ1v) is 9.76. The number of anilines is 1. The van der Waals surface area contributed by atoms with Crippen LogP contribution in [-0.4, -0.2) is 35.5 Å². The van der Waals surface area contributed by atoms with Gasteiger partial charge in [0.05, 0.1) is 18.2 Å². The van der Waals surface area contributed by atoms with E-state index in [9.17, 15) is 9.59 Å². The van der Waals surface area contributed by atoms with Crippen molar-refractivity contribution in [2.45, 2.75) is 47.1 Å². The zero-order chi connectivity index (χ0) is 21.1. The van der Waals surface area contributed by atoms with Crippen molar-refractivity contribution in [3.05, 3.63) is 41.1 Å². The molecular weight excluding hydrogens is 374 g/mol. The number of nitrogens with one attached hydrogen (secondary N) is 2. The van der Waals surface area contributed by atoms with Gasteiger partial charge in [0, 0.05) is 24.9 Å². The largest absolute Gasteiger partial charge is 0.463 e. The quantitative estimate of drug-likeness (QED) is 0.576. The van der Waals surface area contributed by atoms with Crippen molar-refractivity contribution in [1.82, 2.24) is 10.2 Å². The molecule has 7 heteroatoms. The number of hydrogen-bond acceptors (Lipinski definition) is 4. The highest BCUT2D eigenvalue weighted by molar-refractivity contribution is 7.80. The third kappa shape index (κ3) is 5.32. The van der Waals surface area contributed by atoms with Gasteiger partial charge in [-0.25, -0.2) is 4.79 Å². The van der Waals surface area contributed by atoms with Crippen LogP contribution in [-0.2, 0) is 14.3 Å². The fourth-order valence-electron chi connectivity index (χ4n) is 3.04. The van der Waals surface area contributed by atoms with E-state index in [1.165, 1.54) is 0 Å². The van der Waals surface area contributed by atoms with Crippen molar-refractivity contribution in [3.8, 4) is 0 Å². The molecule has 6 nitrogen and oxygen atoms in total. The molecule has 0 unspecified atom stereocenters. The average molecular weight is 404 g/mol. The van der Waals surface area contributed by atoms with Crippen LogP contribution in [0.3, 0.4) is 0 Å². The second-order valence-electron chi connectivity index (χ2n) is 8.07. The molecule has 28 heavy (non-hydrogen) atoms. The maximum atomic E-state index is 12.6. The molecule has 1 amide bonds. The topological polar surface area (TPSA) is 70.7 Å². The molecule has 0 fully saturated rings. The Balaban J connectivity index is 2.35. The Kier molecular flexibility index (Phi) is 6.82. The van der Waals surface area contributed by atoms with Crippen molar-refractivity contribution >= 4 is 34.9 Å². The van der Waals surface area contributed by atoms with E-state index in [-0.39, 0.29) is 17.3 Å². The van der Waals surface area contributed by atoms with E-state index < -0.39 is 6.04 Å². The Hall–Kier alpha value is -2.41. The lowest BCUT2D eigenvalue weighted by atomic mass is 9.92. The summed E-state index contributed by atoms with van der Waals surface area (Å²) in [6, 6.07) is 7.00. The zero-order valence-corrected chi connectivity index (χ0v) is 18.2. The van der Waals surface area contributed by atoms with Crippen LogP contribution < -0.4 is 10.6 Å². The highest BCUT2D eigenvalue weighted by Gasteiger charge is 2.33. The molecule has 2 N–H and O–H groups in total. The molecule has 0 radical (unpaired) electrons. The number of carbonyl (C=O) groups is 2. The zero-order valence-electron chi connectivity index (χ0n) is 17.4. The Morgan fingerprint density at radius 3 is 2.61 bits per heavy atom. The molecule has 1 atom stereocenters. The van der Waals surface area contributed by atoms with Crippen LogP contribution in [0.5, 0.6) is 0 Å². The first kappa shape index (κ1) is 21.9. The number of amides is 1. The van der Waals surface area contributed by atoms with E-state index >= 15 is 0 Å². The Bertz CT molecular complexity index is 811. The molecule has 152 valence electrons. The van der Waals surface area contributed by atoms with Crippen LogP contribution in [0.1, 0.15) is 52.6 Å². The normalized spacial score (nSPS) is 17.3. The molecule has 1 aromatic rings. The fourth-order valence-corrected chi connectivity index (χ4v) is 3.30. The summed E-state index contributed by atoms with van der Waals surface area (Å²) in [4.78, 5) is 26.6. The van der Waals surface area contributed by atoms with E-state index in [0.29, 0.717) is 29.4 Å². The second-order valence-corrected chi connectivity index (χ2v) is 8.46. The molecule has 0 spiro atoms. The number of ether oxygens (including phenoxy) is 1. The van der Waals surface area contributed by atoms with Crippen molar-refractivity contribution < 1.29 is 14.3 Å². The van der Waals surface area contributed by atoms with E-state index in [4.69, 9.17) is 17.0 Å². The van der Waals surface area contributed by atoms with Gasteiger partial charge < -0.3 is 20.3 Å². The Morgan fingerprint density at radius 1 is 1.32 bits per heavy atom. The SMILES string of the molecule is CCOC(=O)C1=C(C)N(C)C(=S)N[C@H]1c1cccc(NC(=O)CC(C)(C)C)c1. The highest BCUT2D eigenvalue weighted by atomic mass is 32.1. The maximum Gasteiger partial charge on any atom is 0.338 e. The Morgan fingerprint density at radius 2 is 2.00 bits per heavy atom. The predicted octanol–water partition coefficient (Wildman–Crippen LogP) is 3.76. The maximum absolute atomic E-state index is 12.6. The first-order chi connectivity index (χ1) is 13.0. The second kappa shape index (κ2) is 8.73. The van der Waals surface area contributed by atoms with Crippen LogP contribution in [0.4, 0.5) is 5.69 Å². The van der Waals surface area contributed by atoms with Gasteiger partial charge in [-0.15, -0.1) is 0 Å². The smallest absolute Gasteiger partial charge is 0.338 e. The minimum Gasteiger partial charge on any atom is -0.463 e. The van der Waals surface area contributed by atoms with Crippen LogP contribution in [0.25, 0.3) is 0 Å². The van der Waals surface area contributed by atoms with E-state index in [0.717, 1.165) is 11.3 Å². The van der Waals surface area contributed by atoms with Crippen molar-refractivity contribution in [2.24, 2.45) is 5.41 Å². The summed E-state index contributed by atoms with van der Waals surface area (Å²) in [6.07, 6.45) is 0.418. The first-order valence-electron chi connectivity index (χ1n) is 9.35. The number of hydrogen-bond donors (Lipinski definition) is 2. The number of rotatable bonds is 5. The monoisotopic (exact) mass is 403 g/mol. The molecule has 0 aliphatic carbocycles. The highest BCUT2D eigenvalue weighted by Crippen LogP contribution is 2.32. The molecule has 0 saturated carbocycles. The van der Waals surface area contributed by atoms with Crippen LogP contribution >= 0.6 is 12.2 Å². The van der Waals surface area contributed by atoms with Crippen molar-refractivity contribution in [1.29, 1.82) is 0 Å². The van der Waals surface area contributed by atoms with E-state index in [1.54, 1.807) is 11.8 Å². The third-order valence-electron chi connectivity index (χ3n) is 4.44. The number of carbonyl (C=O) groups excluding carboxylic acids is 2. The molecule has 2 rings (SSSR count). The third-order valence-corrected chi connectivity index (χ3v) is 4.84. The summed E-state index contributed by atoms with van der Waals surface area (Å²) in [5.74, 6) is -0.428. The number of esters is 1. The molecule has 1 aliphatic rings. The number of nitrogens with zero attached hydrogens (tertiary/aromatic N) is 1. The summed E-state index contributed by atoms with van der Waals surface area (Å²) < 4.78 is 5.26. The lowest BCUT2D eigenvalue weighted by molar-refractivity contribution is -0.139. The molecule has 0 bridgehead atoms. The molecule has 0 saturated heterocycles. The number of allylic oxidation sites excluding steroid dienone is 1. The van der Waals surface area contributed by atoms with Gasteiger partial charge in [0.1, 0.15) is 0 Å². The van der Waals surface area contributed by atoms with Gasteiger partial charge in [-0.2, -0.15) is 0 Å². The standard InChI is InChI=1S/C21H29N3O3S/c1-7-27-19(26)17-13(2)24(6)20(28)23-18(17)14-9-8-10-15(11-14)22-16(25)12-21(3,4)5/h8-11,18H,7,12H2,1-6H3,(H,22,25)(H,23,28)/t18-/m0/s1. The molecule has 1 aromatic carbocycles. The van der Waals surface area contributed by atoms with Gasteiger partial charge in [0.15, 0.2) is 5.11 Å². The number of thiocarbonyl (C=S) groups is 1. The summed E-state index contributed by atoms with van der Waals surface area (Å²) in [7, 11) is 1.81. The lowest BCUT2D eigenvalue weighted by Crippen LogP contribution is -2.46. The average Bonchev–Trinajstić information content (AvgIpc) is 2.58. The minimum atomic E-state index is -0.442. The summed E-state index contributed by atoms with van der Waals surface area (Å²) in [5, 5.41) is 6.67. The van der Waals surface area contributed by atoms with E-state index in [1.807, 2.05) is 59.0 Å². The molecular formula is C21H29N3O3S. The van der Waals surface area contributed by atoms with Gasteiger partial charge in [0.2, 0.25) is 5.91 Å². The lowest BCUT2D eigenvalue weighted by Gasteiger charge is -2.35. The molecule has 0 aromatic heterocycles. The predicted molar refractivity (Wildman–Crippen MR) is 115 cm³/mol. The fraction of sp³-hybridized carbons (Fsp3) is 0.476. The van der Waals surface area contributed by atoms with Crippen LogP contribution in [0, 0.1) is 5.41 Å². The molecule has 1 heterocycles. The molecule has 1 aliphatic heterocycles. The van der Waals surface area contributed by atoms with Gasteiger partial charge in [0.25, 0.3) is 0 Å². The van der Waals surface area contributed by atoms with Gasteiger partial charge in [-0.05, 0) is 49.2 Å². The minimum absolute atomic E-state index is 0.0474. The van der Waals surface area contributed by atoms with Crippen LogP contribution in [0.15, 0.2) is 35.5 Å². The van der Waals surface area contributed by atoms with Crippen LogP contribution in [0.2, 0.25) is 0 Å². The van der Waals surface area contributed by atoms with Crippen molar-refractivity contribution in [3.63, 3.8) is 0 Å². The Labute approximate surface area is 172 Å². The summed E-state index contributed by atoms with van der Waals surface area (Å²) >= 11 is 5.41. The summed E-state index contributed by atoms with van der Waals surface area (Å²) in [6.45, 7) is 9.97.